The van der Waals surface area contributed by atoms with Gasteiger partial charge in [0.25, 0.3) is 0 Å². The van der Waals surface area contributed by atoms with Crippen LogP contribution in [0, 0.1) is 0 Å². The lowest BCUT2D eigenvalue weighted by atomic mass is 10.1. The van der Waals surface area contributed by atoms with E-state index in [-0.39, 0.29) is 18.0 Å². The lowest BCUT2D eigenvalue weighted by molar-refractivity contribution is -0.136. The van der Waals surface area contributed by atoms with Crippen molar-refractivity contribution in [3.05, 3.63) is 82.3 Å². The van der Waals surface area contributed by atoms with Crippen molar-refractivity contribution in [1.82, 2.24) is 24.6 Å². The van der Waals surface area contributed by atoms with Gasteiger partial charge in [-0.3, -0.25) is 14.3 Å². The van der Waals surface area contributed by atoms with E-state index in [0.717, 1.165) is 11.1 Å². The SMILES string of the molecule is O=C(CC1OCCn2c1n[nH]c2=O)N(Cc1ccccc1)Cc1cccnc1. The van der Waals surface area contributed by atoms with Crippen LogP contribution in [0.25, 0.3) is 0 Å². The summed E-state index contributed by atoms with van der Waals surface area (Å²) in [6.07, 6.45) is 3.05. The summed E-state index contributed by atoms with van der Waals surface area (Å²) in [5.74, 6) is 0.409. The number of H-pyrrole nitrogens is 1. The number of hydrogen-bond donors (Lipinski definition) is 1. The number of ether oxygens (including phenoxy) is 1. The standard InChI is InChI=1S/C20H21N5O3/c26-18(11-17-19-22-23-20(27)25(19)9-10-28-17)24(13-15-5-2-1-3-6-15)14-16-7-4-8-21-12-16/h1-8,12,17H,9-11,13-14H2,(H,23,27). The monoisotopic (exact) mass is 379 g/mol. The third-order valence-corrected chi connectivity index (χ3v) is 4.73. The van der Waals surface area contributed by atoms with Crippen molar-refractivity contribution < 1.29 is 9.53 Å². The molecule has 0 spiro atoms. The molecule has 4 rings (SSSR count). The molecule has 0 fully saturated rings. The Morgan fingerprint density at radius 2 is 1.96 bits per heavy atom. The molecule has 144 valence electrons. The molecule has 1 atom stereocenters. The minimum absolute atomic E-state index is 0.0680. The van der Waals surface area contributed by atoms with Gasteiger partial charge in [0, 0.05) is 25.5 Å². The van der Waals surface area contributed by atoms with Crippen molar-refractivity contribution in [2.75, 3.05) is 6.61 Å². The van der Waals surface area contributed by atoms with Gasteiger partial charge < -0.3 is 9.64 Å². The van der Waals surface area contributed by atoms with Crippen LogP contribution in [-0.4, -0.2) is 37.2 Å². The van der Waals surface area contributed by atoms with E-state index in [9.17, 15) is 9.59 Å². The summed E-state index contributed by atoms with van der Waals surface area (Å²) in [6, 6.07) is 13.6. The fraction of sp³-hybridized carbons (Fsp3) is 0.300. The summed E-state index contributed by atoms with van der Waals surface area (Å²) in [5.41, 5.74) is 1.72. The number of pyridine rings is 1. The number of aromatic amines is 1. The van der Waals surface area contributed by atoms with Gasteiger partial charge in [0.05, 0.1) is 19.6 Å². The predicted octanol–water partition coefficient (Wildman–Crippen LogP) is 1.66. The number of carbonyl (C=O) groups excluding carboxylic acids is 1. The minimum Gasteiger partial charge on any atom is -0.368 e. The molecule has 8 nitrogen and oxygen atoms in total. The average Bonchev–Trinajstić information content (AvgIpc) is 3.11. The molecule has 0 saturated heterocycles. The van der Waals surface area contributed by atoms with Gasteiger partial charge in [0.2, 0.25) is 5.91 Å². The van der Waals surface area contributed by atoms with Gasteiger partial charge in [-0.15, -0.1) is 0 Å². The molecule has 3 heterocycles. The summed E-state index contributed by atoms with van der Waals surface area (Å²) in [4.78, 5) is 30.9. The van der Waals surface area contributed by atoms with E-state index in [4.69, 9.17) is 4.74 Å². The highest BCUT2D eigenvalue weighted by atomic mass is 16.5. The van der Waals surface area contributed by atoms with E-state index in [1.54, 1.807) is 17.3 Å². The maximum Gasteiger partial charge on any atom is 0.343 e. The van der Waals surface area contributed by atoms with Crippen LogP contribution in [0.5, 0.6) is 0 Å². The number of fused-ring (bicyclic) bond motifs is 1. The Morgan fingerprint density at radius 1 is 1.18 bits per heavy atom. The summed E-state index contributed by atoms with van der Waals surface area (Å²) in [6.45, 7) is 1.75. The number of carbonyl (C=O) groups is 1. The van der Waals surface area contributed by atoms with Gasteiger partial charge in [-0.2, -0.15) is 5.10 Å². The van der Waals surface area contributed by atoms with Crippen LogP contribution in [0.2, 0.25) is 0 Å². The highest BCUT2D eigenvalue weighted by Gasteiger charge is 2.29. The average molecular weight is 379 g/mol. The van der Waals surface area contributed by atoms with Gasteiger partial charge in [-0.25, -0.2) is 9.89 Å². The van der Waals surface area contributed by atoms with Crippen molar-refractivity contribution in [1.29, 1.82) is 0 Å². The second-order valence-corrected chi connectivity index (χ2v) is 6.70. The first kappa shape index (κ1) is 18.1. The van der Waals surface area contributed by atoms with Gasteiger partial charge in [0.1, 0.15) is 6.10 Å². The molecule has 1 aliphatic heterocycles. The molecule has 0 bridgehead atoms. The van der Waals surface area contributed by atoms with Crippen molar-refractivity contribution in [2.24, 2.45) is 0 Å². The maximum absolute atomic E-state index is 13.1. The lowest BCUT2D eigenvalue weighted by Gasteiger charge is -2.27. The lowest BCUT2D eigenvalue weighted by Crippen LogP contribution is -2.34. The van der Waals surface area contributed by atoms with Crippen molar-refractivity contribution in [3.8, 4) is 0 Å². The fourth-order valence-electron chi connectivity index (χ4n) is 3.34. The smallest absolute Gasteiger partial charge is 0.343 e. The highest BCUT2D eigenvalue weighted by Crippen LogP contribution is 2.24. The Morgan fingerprint density at radius 3 is 2.75 bits per heavy atom. The third kappa shape index (κ3) is 4.01. The number of nitrogens with one attached hydrogen (secondary N) is 1. The Kier molecular flexibility index (Phi) is 5.29. The first-order valence-electron chi connectivity index (χ1n) is 9.18. The van der Waals surface area contributed by atoms with E-state index in [0.29, 0.717) is 32.1 Å². The zero-order valence-corrected chi connectivity index (χ0v) is 15.3. The molecule has 1 aliphatic rings. The van der Waals surface area contributed by atoms with Crippen LogP contribution in [0.4, 0.5) is 0 Å². The molecular weight excluding hydrogens is 358 g/mol. The summed E-state index contributed by atoms with van der Waals surface area (Å²) in [7, 11) is 0. The summed E-state index contributed by atoms with van der Waals surface area (Å²) >= 11 is 0. The zero-order valence-electron chi connectivity index (χ0n) is 15.3. The van der Waals surface area contributed by atoms with E-state index in [2.05, 4.69) is 15.2 Å². The molecule has 1 aromatic carbocycles. The second-order valence-electron chi connectivity index (χ2n) is 6.70. The summed E-state index contributed by atoms with van der Waals surface area (Å²) < 4.78 is 7.27. The molecule has 1 unspecified atom stereocenters. The van der Waals surface area contributed by atoms with E-state index in [1.165, 1.54) is 4.57 Å². The Hall–Kier alpha value is -3.26. The molecule has 0 saturated carbocycles. The first-order valence-corrected chi connectivity index (χ1v) is 9.18. The molecular formula is C20H21N5O3. The fourth-order valence-corrected chi connectivity index (χ4v) is 3.34. The normalized spacial score (nSPS) is 15.8. The Balaban J connectivity index is 1.53. The van der Waals surface area contributed by atoms with Crippen molar-refractivity contribution in [2.45, 2.75) is 32.2 Å². The molecule has 1 N–H and O–H groups in total. The molecule has 0 radical (unpaired) electrons. The molecule has 0 aliphatic carbocycles. The molecule has 8 heteroatoms. The number of rotatable bonds is 6. The second kappa shape index (κ2) is 8.18. The van der Waals surface area contributed by atoms with Crippen molar-refractivity contribution >= 4 is 5.91 Å². The number of hydrogen-bond acceptors (Lipinski definition) is 5. The number of aromatic nitrogens is 4. The zero-order chi connectivity index (χ0) is 19.3. The maximum atomic E-state index is 13.1. The minimum atomic E-state index is -0.535. The van der Waals surface area contributed by atoms with Gasteiger partial charge in [-0.1, -0.05) is 36.4 Å². The van der Waals surface area contributed by atoms with Crippen molar-refractivity contribution in [3.63, 3.8) is 0 Å². The predicted molar refractivity (Wildman–Crippen MR) is 101 cm³/mol. The Bertz CT molecular complexity index is 942. The van der Waals surface area contributed by atoms with Gasteiger partial charge in [0.15, 0.2) is 5.82 Å². The van der Waals surface area contributed by atoms with Crippen LogP contribution >= 0.6 is 0 Å². The number of nitrogens with zero attached hydrogens (tertiary/aromatic N) is 4. The van der Waals surface area contributed by atoms with Gasteiger partial charge in [-0.05, 0) is 17.2 Å². The quantitative estimate of drug-likeness (QED) is 0.703. The molecule has 28 heavy (non-hydrogen) atoms. The molecule has 2 aromatic heterocycles. The number of benzene rings is 1. The highest BCUT2D eigenvalue weighted by molar-refractivity contribution is 5.76. The topological polar surface area (TPSA) is 93.1 Å². The first-order chi connectivity index (χ1) is 13.7. The molecule has 3 aromatic rings. The third-order valence-electron chi connectivity index (χ3n) is 4.73. The van der Waals surface area contributed by atoms with Gasteiger partial charge >= 0.3 is 5.69 Å². The van der Waals surface area contributed by atoms with Crippen LogP contribution in [0.1, 0.15) is 29.5 Å². The van der Waals surface area contributed by atoms with Crippen LogP contribution in [0.15, 0.2) is 59.7 Å². The van der Waals surface area contributed by atoms with Crippen LogP contribution < -0.4 is 5.69 Å². The van der Waals surface area contributed by atoms with E-state index in [1.807, 2.05) is 42.5 Å². The summed E-state index contributed by atoms with van der Waals surface area (Å²) in [5, 5.41) is 6.47. The largest absolute Gasteiger partial charge is 0.368 e. The Labute approximate surface area is 161 Å². The number of amides is 1. The van der Waals surface area contributed by atoms with Crippen LogP contribution in [-0.2, 0) is 29.2 Å². The van der Waals surface area contributed by atoms with E-state index < -0.39 is 6.10 Å². The molecule has 1 amide bonds. The van der Waals surface area contributed by atoms with Crippen LogP contribution in [0.3, 0.4) is 0 Å². The van der Waals surface area contributed by atoms with E-state index >= 15 is 0 Å².